The Morgan fingerprint density at radius 2 is 1.70 bits per heavy atom. The van der Waals surface area contributed by atoms with Crippen LogP contribution in [-0.4, -0.2) is 50.9 Å². The van der Waals surface area contributed by atoms with Crippen LogP contribution in [-0.2, 0) is 18.8 Å². The Kier molecular flexibility index (Phi) is 4.69. The first kappa shape index (κ1) is 16.8. The molecule has 0 N–H and O–H groups in total. The second-order valence-corrected chi connectivity index (χ2v) is 7.04. The summed E-state index contributed by atoms with van der Waals surface area (Å²) in [6.07, 6.45) is 0.00604. The normalized spacial score (nSPS) is 26.3. The van der Waals surface area contributed by atoms with E-state index < -0.39 is 0 Å². The zero-order valence-electron chi connectivity index (χ0n) is 14.3. The van der Waals surface area contributed by atoms with Crippen LogP contribution >= 0.6 is 0 Å². The van der Waals surface area contributed by atoms with E-state index in [1.165, 1.54) is 0 Å². The maximum Gasteiger partial charge on any atom is 0.494 e. The SMILES string of the molecule is CC1(C)OB(c2ccc(OCC3COCCO3)cc2)OC1(C)C. The molecule has 0 aliphatic carbocycles. The van der Waals surface area contributed by atoms with Gasteiger partial charge in [0.1, 0.15) is 18.5 Å². The first-order valence-electron chi connectivity index (χ1n) is 8.15. The first-order valence-corrected chi connectivity index (χ1v) is 8.15. The lowest BCUT2D eigenvalue weighted by Crippen LogP contribution is -2.41. The Balaban J connectivity index is 1.57. The second-order valence-electron chi connectivity index (χ2n) is 7.04. The van der Waals surface area contributed by atoms with E-state index in [1.807, 2.05) is 24.3 Å². The Labute approximate surface area is 138 Å². The molecule has 0 saturated carbocycles. The van der Waals surface area contributed by atoms with Crippen LogP contribution < -0.4 is 10.2 Å². The fourth-order valence-electron chi connectivity index (χ4n) is 2.52. The summed E-state index contributed by atoms with van der Waals surface area (Å²) in [6, 6.07) is 7.83. The van der Waals surface area contributed by atoms with Gasteiger partial charge in [-0.2, -0.15) is 0 Å². The number of ether oxygens (including phenoxy) is 3. The Morgan fingerprint density at radius 1 is 1.04 bits per heavy atom. The summed E-state index contributed by atoms with van der Waals surface area (Å²) < 4.78 is 28.8. The standard InChI is InChI=1S/C17H25BO5/c1-16(2)17(3,4)23-18(22-16)13-5-7-14(8-6-13)21-12-15-11-19-9-10-20-15/h5-8,15H,9-12H2,1-4H3. The van der Waals surface area contributed by atoms with Crippen molar-refractivity contribution in [2.75, 3.05) is 26.4 Å². The van der Waals surface area contributed by atoms with Crippen LogP contribution in [0.4, 0.5) is 0 Å². The Morgan fingerprint density at radius 3 is 2.26 bits per heavy atom. The van der Waals surface area contributed by atoms with Gasteiger partial charge in [0.2, 0.25) is 0 Å². The van der Waals surface area contributed by atoms with Gasteiger partial charge >= 0.3 is 7.12 Å². The molecular weight excluding hydrogens is 295 g/mol. The Bertz CT molecular complexity index is 506. The van der Waals surface area contributed by atoms with Gasteiger partial charge in [0.05, 0.1) is 31.0 Å². The summed E-state index contributed by atoms with van der Waals surface area (Å²) >= 11 is 0. The van der Waals surface area contributed by atoms with Crippen molar-refractivity contribution < 1.29 is 23.5 Å². The van der Waals surface area contributed by atoms with Gasteiger partial charge < -0.3 is 23.5 Å². The van der Waals surface area contributed by atoms with Crippen molar-refractivity contribution in [3.8, 4) is 5.75 Å². The van der Waals surface area contributed by atoms with E-state index in [0.29, 0.717) is 26.4 Å². The van der Waals surface area contributed by atoms with Crippen LogP contribution in [0.2, 0.25) is 0 Å². The van der Waals surface area contributed by atoms with Gasteiger partial charge in [0.25, 0.3) is 0 Å². The first-order chi connectivity index (χ1) is 10.9. The van der Waals surface area contributed by atoms with Gasteiger partial charge in [-0.05, 0) is 45.3 Å². The third kappa shape index (κ3) is 3.71. The summed E-state index contributed by atoms with van der Waals surface area (Å²) in [7, 11) is -0.343. The molecular formula is C17H25BO5. The molecule has 0 bridgehead atoms. The molecule has 0 spiro atoms. The van der Waals surface area contributed by atoms with E-state index in [9.17, 15) is 0 Å². The molecule has 2 saturated heterocycles. The number of hydrogen-bond acceptors (Lipinski definition) is 5. The molecule has 2 aliphatic heterocycles. The van der Waals surface area contributed by atoms with E-state index in [2.05, 4.69) is 27.7 Å². The van der Waals surface area contributed by atoms with Crippen LogP contribution in [0.1, 0.15) is 27.7 Å². The van der Waals surface area contributed by atoms with E-state index >= 15 is 0 Å². The molecule has 1 aromatic rings. The topological polar surface area (TPSA) is 46.2 Å². The highest BCUT2D eigenvalue weighted by Gasteiger charge is 2.51. The van der Waals surface area contributed by atoms with Crippen molar-refractivity contribution in [3.63, 3.8) is 0 Å². The largest absolute Gasteiger partial charge is 0.494 e. The molecule has 0 amide bonds. The van der Waals surface area contributed by atoms with E-state index in [0.717, 1.165) is 11.2 Å². The smallest absolute Gasteiger partial charge is 0.491 e. The minimum atomic E-state index is -0.343. The molecule has 2 fully saturated rings. The molecule has 6 heteroatoms. The molecule has 1 unspecified atom stereocenters. The minimum absolute atomic E-state index is 0.00604. The number of rotatable bonds is 4. The van der Waals surface area contributed by atoms with Gasteiger partial charge in [0.15, 0.2) is 0 Å². The molecule has 0 radical (unpaired) electrons. The fourth-order valence-corrected chi connectivity index (χ4v) is 2.52. The van der Waals surface area contributed by atoms with Crippen molar-refractivity contribution in [2.24, 2.45) is 0 Å². The van der Waals surface area contributed by atoms with Crippen LogP contribution in [0.25, 0.3) is 0 Å². The van der Waals surface area contributed by atoms with Crippen molar-refractivity contribution in [3.05, 3.63) is 24.3 Å². The maximum atomic E-state index is 6.05. The van der Waals surface area contributed by atoms with Crippen LogP contribution in [0.5, 0.6) is 5.75 Å². The third-order valence-electron chi connectivity index (χ3n) is 4.73. The highest BCUT2D eigenvalue weighted by atomic mass is 16.7. The quantitative estimate of drug-likeness (QED) is 0.792. The fraction of sp³-hybridized carbons (Fsp3) is 0.647. The average Bonchev–Trinajstić information content (AvgIpc) is 2.75. The lowest BCUT2D eigenvalue weighted by atomic mass is 9.79. The lowest BCUT2D eigenvalue weighted by Gasteiger charge is -2.32. The van der Waals surface area contributed by atoms with Gasteiger partial charge in [-0.1, -0.05) is 12.1 Å². The molecule has 3 rings (SSSR count). The third-order valence-corrected chi connectivity index (χ3v) is 4.73. The van der Waals surface area contributed by atoms with Gasteiger partial charge in [0, 0.05) is 0 Å². The van der Waals surface area contributed by atoms with E-state index in [-0.39, 0.29) is 24.4 Å². The average molecular weight is 320 g/mol. The lowest BCUT2D eigenvalue weighted by molar-refractivity contribution is -0.101. The summed E-state index contributed by atoms with van der Waals surface area (Å²) in [5.41, 5.74) is 0.337. The summed E-state index contributed by atoms with van der Waals surface area (Å²) in [4.78, 5) is 0. The van der Waals surface area contributed by atoms with Crippen LogP contribution in [0, 0.1) is 0 Å². The monoisotopic (exact) mass is 320 g/mol. The van der Waals surface area contributed by atoms with Gasteiger partial charge in [-0.15, -0.1) is 0 Å². The van der Waals surface area contributed by atoms with E-state index in [4.69, 9.17) is 23.5 Å². The summed E-state index contributed by atoms with van der Waals surface area (Å²) in [6.45, 7) is 10.6. The van der Waals surface area contributed by atoms with Gasteiger partial charge in [-0.25, -0.2) is 0 Å². The van der Waals surface area contributed by atoms with E-state index in [1.54, 1.807) is 0 Å². The number of benzene rings is 1. The zero-order valence-corrected chi connectivity index (χ0v) is 14.3. The second kappa shape index (κ2) is 6.44. The van der Waals surface area contributed by atoms with Crippen molar-refractivity contribution in [2.45, 2.75) is 45.0 Å². The summed E-state index contributed by atoms with van der Waals surface area (Å²) in [5, 5.41) is 0. The molecule has 0 aromatic heterocycles. The molecule has 23 heavy (non-hydrogen) atoms. The van der Waals surface area contributed by atoms with Crippen LogP contribution in [0.15, 0.2) is 24.3 Å². The molecule has 1 atom stereocenters. The predicted octanol–water partition coefficient (Wildman–Crippen LogP) is 1.78. The highest BCUT2D eigenvalue weighted by molar-refractivity contribution is 6.62. The van der Waals surface area contributed by atoms with Crippen molar-refractivity contribution in [1.82, 2.24) is 0 Å². The van der Waals surface area contributed by atoms with Crippen molar-refractivity contribution >= 4 is 12.6 Å². The van der Waals surface area contributed by atoms with Crippen LogP contribution in [0.3, 0.4) is 0 Å². The molecule has 2 aliphatic rings. The maximum absolute atomic E-state index is 6.05. The molecule has 2 heterocycles. The minimum Gasteiger partial charge on any atom is -0.491 e. The highest BCUT2D eigenvalue weighted by Crippen LogP contribution is 2.36. The molecule has 5 nitrogen and oxygen atoms in total. The molecule has 126 valence electrons. The zero-order chi connectivity index (χ0) is 16.5. The van der Waals surface area contributed by atoms with Crippen molar-refractivity contribution in [1.29, 1.82) is 0 Å². The van der Waals surface area contributed by atoms with Gasteiger partial charge in [-0.3, -0.25) is 0 Å². The Hall–Kier alpha value is -1.08. The summed E-state index contributed by atoms with van der Waals surface area (Å²) in [5.74, 6) is 0.805. The predicted molar refractivity (Wildman–Crippen MR) is 88.2 cm³/mol. The number of hydrogen-bond donors (Lipinski definition) is 0. The molecule has 1 aromatic carbocycles.